The van der Waals surface area contributed by atoms with Gasteiger partial charge in [-0.15, -0.1) is 12.4 Å². The lowest BCUT2D eigenvalue weighted by Gasteiger charge is -2.25. The van der Waals surface area contributed by atoms with Crippen molar-refractivity contribution in [1.29, 1.82) is 0 Å². The minimum absolute atomic E-state index is 0. The molecule has 1 rings (SSSR count). The van der Waals surface area contributed by atoms with Crippen LogP contribution in [-0.2, 0) is 6.42 Å². The Bertz CT molecular complexity index is 460. The van der Waals surface area contributed by atoms with Gasteiger partial charge < -0.3 is 15.2 Å². The molecular weight excluding hydrogens is 310 g/mol. The van der Waals surface area contributed by atoms with Gasteiger partial charge in [0.15, 0.2) is 0 Å². The molecule has 0 aliphatic heterocycles. The van der Waals surface area contributed by atoms with E-state index in [2.05, 4.69) is 5.43 Å². The summed E-state index contributed by atoms with van der Waals surface area (Å²) in [6, 6.07) is 5.16. The molecule has 8 heteroatoms. The van der Waals surface area contributed by atoms with Crippen LogP contribution in [0.4, 0.5) is 11.4 Å². The van der Waals surface area contributed by atoms with Crippen molar-refractivity contribution in [3.05, 3.63) is 33.9 Å². The number of hydrogen-bond acceptors (Lipinski definition) is 6. The standard InChI is InChI=1S/C14H23N3O4.ClH/c1-2-12-5-6-13(14(11-12)17(20)21)16(8-4-10-19)15-7-3-9-18;/h5-6,11,15,18-19H,2-4,7-10H2,1H3;1H. The first-order chi connectivity index (χ1) is 10.1. The highest BCUT2D eigenvalue weighted by molar-refractivity contribution is 5.85. The third-order valence-corrected chi connectivity index (χ3v) is 3.11. The Kier molecular flexibility index (Phi) is 10.5. The first kappa shape index (κ1) is 20.6. The molecule has 0 saturated heterocycles. The van der Waals surface area contributed by atoms with Crippen LogP contribution in [0.5, 0.6) is 0 Å². The summed E-state index contributed by atoms with van der Waals surface area (Å²) in [6.07, 6.45) is 1.78. The van der Waals surface area contributed by atoms with Gasteiger partial charge in [0.25, 0.3) is 5.69 Å². The molecule has 0 aliphatic rings. The lowest BCUT2D eigenvalue weighted by atomic mass is 10.1. The third-order valence-electron chi connectivity index (χ3n) is 3.11. The predicted octanol–water partition coefficient (Wildman–Crippen LogP) is 1.65. The number of rotatable bonds is 10. The molecule has 0 heterocycles. The Labute approximate surface area is 136 Å². The second-order valence-corrected chi connectivity index (χ2v) is 4.65. The molecule has 0 fully saturated rings. The van der Waals surface area contributed by atoms with Crippen molar-refractivity contribution in [3.63, 3.8) is 0 Å². The smallest absolute Gasteiger partial charge is 0.294 e. The van der Waals surface area contributed by atoms with Crippen molar-refractivity contribution in [3.8, 4) is 0 Å². The molecule has 0 atom stereocenters. The molecule has 1 aromatic carbocycles. The molecule has 0 aromatic heterocycles. The van der Waals surface area contributed by atoms with E-state index in [-0.39, 0.29) is 31.3 Å². The second-order valence-electron chi connectivity index (χ2n) is 4.65. The maximum Gasteiger partial charge on any atom is 0.294 e. The highest BCUT2D eigenvalue weighted by Crippen LogP contribution is 2.28. The third kappa shape index (κ3) is 6.15. The van der Waals surface area contributed by atoms with Crippen molar-refractivity contribution >= 4 is 23.8 Å². The van der Waals surface area contributed by atoms with Crippen LogP contribution in [0.25, 0.3) is 0 Å². The molecule has 0 spiro atoms. The average molecular weight is 334 g/mol. The molecule has 0 radical (unpaired) electrons. The summed E-state index contributed by atoms with van der Waals surface area (Å²) in [6.45, 7) is 2.97. The molecular formula is C14H24ClN3O4. The fraction of sp³-hybridized carbons (Fsp3) is 0.571. The zero-order valence-corrected chi connectivity index (χ0v) is 13.5. The van der Waals surface area contributed by atoms with E-state index in [0.29, 0.717) is 31.6 Å². The summed E-state index contributed by atoms with van der Waals surface area (Å²) in [5.74, 6) is 0. The Balaban J connectivity index is 0.00000441. The Morgan fingerprint density at radius 3 is 2.50 bits per heavy atom. The van der Waals surface area contributed by atoms with Gasteiger partial charge in [0.1, 0.15) is 5.69 Å². The van der Waals surface area contributed by atoms with Gasteiger partial charge >= 0.3 is 0 Å². The number of hydrogen-bond donors (Lipinski definition) is 3. The SMILES string of the molecule is CCc1ccc(N(CCCO)NCCCO)c([N+](=O)[O-])c1.Cl. The fourth-order valence-electron chi connectivity index (χ4n) is 1.97. The van der Waals surface area contributed by atoms with Crippen molar-refractivity contribution in [1.82, 2.24) is 5.43 Å². The summed E-state index contributed by atoms with van der Waals surface area (Å²) < 4.78 is 0. The number of anilines is 1. The number of aliphatic hydroxyl groups is 2. The quantitative estimate of drug-likeness (QED) is 0.342. The minimum atomic E-state index is -0.395. The zero-order valence-electron chi connectivity index (χ0n) is 12.7. The molecule has 0 saturated carbocycles. The normalized spacial score (nSPS) is 10.1. The molecule has 0 aliphatic carbocycles. The summed E-state index contributed by atoms with van der Waals surface area (Å²) >= 11 is 0. The summed E-state index contributed by atoms with van der Waals surface area (Å²) in [5, 5.41) is 30.7. The largest absolute Gasteiger partial charge is 0.396 e. The monoisotopic (exact) mass is 333 g/mol. The number of hydrazine groups is 1. The summed E-state index contributed by atoms with van der Waals surface area (Å²) in [7, 11) is 0. The van der Waals surface area contributed by atoms with E-state index in [4.69, 9.17) is 10.2 Å². The maximum atomic E-state index is 11.3. The topological polar surface area (TPSA) is 98.9 Å². The van der Waals surface area contributed by atoms with Crippen molar-refractivity contribution in [2.75, 3.05) is 31.3 Å². The van der Waals surface area contributed by atoms with E-state index in [1.807, 2.05) is 13.0 Å². The van der Waals surface area contributed by atoms with Crippen LogP contribution < -0.4 is 10.4 Å². The number of nitrogens with zero attached hydrogens (tertiary/aromatic N) is 2. The van der Waals surface area contributed by atoms with Gasteiger partial charge in [0, 0.05) is 32.4 Å². The molecule has 0 amide bonds. The van der Waals surface area contributed by atoms with Crippen LogP contribution in [0.3, 0.4) is 0 Å². The maximum absolute atomic E-state index is 11.3. The first-order valence-corrected chi connectivity index (χ1v) is 7.14. The van der Waals surface area contributed by atoms with Crippen LogP contribution >= 0.6 is 12.4 Å². The van der Waals surface area contributed by atoms with Crippen LogP contribution in [0, 0.1) is 10.1 Å². The van der Waals surface area contributed by atoms with Crippen molar-refractivity contribution < 1.29 is 15.1 Å². The van der Waals surface area contributed by atoms with Gasteiger partial charge in [-0.2, -0.15) is 0 Å². The Hall–Kier alpha value is -1.41. The van der Waals surface area contributed by atoms with E-state index in [1.165, 1.54) is 0 Å². The molecule has 126 valence electrons. The fourth-order valence-corrected chi connectivity index (χ4v) is 1.97. The average Bonchev–Trinajstić information content (AvgIpc) is 2.50. The number of benzene rings is 1. The molecule has 22 heavy (non-hydrogen) atoms. The number of nitro benzene ring substituents is 1. The van der Waals surface area contributed by atoms with Gasteiger partial charge in [-0.25, -0.2) is 5.43 Å². The highest BCUT2D eigenvalue weighted by atomic mass is 35.5. The second kappa shape index (κ2) is 11.2. The number of nitro groups is 1. The number of aryl methyl sites for hydroxylation is 1. The lowest BCUT2D eigenvalue weighted by molar-refractivity contribution is -0.384. The van der Waals surface area contributed by atoms with Gasteiger partial charge in [-0.1, -0.05) is 13.0 Å². The van der Waals surface area contributed by atoms with Crippen LogP contribution in [0.1, 0.15) is 25.3 Å². The van der Waals surface area contributed by atoms with Gasteiger partial charge in [0.2, 0.25) is 0 Å². The lowest BCUT2D eigenvalue weighted by Crippen LogP contribution is -2.40. The molecule has 3 N–H and O–H groups in total. The number of aliphatic hydroxyl groups excluding tert-OH is 2. The first-order valence-electron chi connectivity index (χ1n) is 7.14. The van der Waals surface area contributed by atoms with E-state index >= 15 is 0 Å². The minimum Gasteiger partial charge on any atom is -0.396 e. The van der Waals surface area contributed by atoms with Crippen LogP contribution in [-0.4, -0.2) is 41.4 Å². The van der Waals surface area contributed by atoms with E-state index in [9.17, 15) is 10.1 Å². The van der Waals surface area contributed by atoms with Crippen LogP contribution in [0.2, 0.25) is 0 Å². The molecule has 0 bridgehead atoms. The summed E-state index contributed by atoms with van der Waals surface area (Å²) in [4.78, 5) is 10.9. The van der Waals surface area contributed by atoms with Gasteiger partial charge in [-0.05, 0) is 30.9 Å². The van der Waals surface area contributed by atoms with Crippen molar-refractivity contribution in [2.45, 2.75) is 26.2 Å². The van der Waals surface area contributed by atoms with Gasteiger partial charge in [0.05, 0.1) is 4.92 Å². The van der Waals surface area contributed by atoms with E-state index in [1.54, 1.807) is 17.1 Å². The number of halogens is 1. The summed E-state index contributed by atoms with van der Waals surface area (Å²) in [5.41, 5.74) is 4.49. The van der Waals surface area contributed by atoms with Crippen LogP contribution in [0.15, 0.2) is 18.2 Å². The van der Waals surface area contributed by atoms with E-state index < -0.39 is 4.92 Å². The number of nitrogens with one attached hydrogen (secondary N) is 1. The highest BCUT2D eigenvalue weighted by Gasteiger charge is 2.19. The van der Waals surface area contributed by atoms with Gasteiger partial charge in [-0.3, -0.25) is 10.1 Å². The Morgan fingerprint density at radius 2 is 1.95 bits per heavy atom. The Morgan fingerprint density at radius 1 is 1.27 bits per heavy atom. The molecule has 7 nitrogen and oxygen atoms in total. The predicted molar refractivity (Wildman–Crippen MR) is 88.5 cm³/mol. The molecule has 1 aromatic rings. The molecule has 0 unspecified atom stereocenters. The van der Waals surface area contributed by atoms with E-state index in [0.717, 1.165) is 12.0 Å². The van der Waals surface area contributed by atoms with Crippen molar-refractivity contribution in [2.24, 2.45) is 0 Å². The zero-order chi connectivity index (χ0) is 15.7.